The van der Waals surface area contributed by atoms with Gasteiger partial charge in [-0.1, -0.05) is 23.7 Å². The van der Waals surface area contributed by atoms with Crippen molar-refractivity contribution in [3.63, 3.8) is 0 Å². The zero-order valence-corrected chi connectivity index (χ0v) is 18.9. The Labute approximate surface area is 193 Å². The van der Waals surface area contributed by atoms with E-state index in [0.717, 1.165) is 23.4 Å². The average Bonchev–Trinajstić information content (AvgIpc) is 3.16. The molecular weight excluding hydrogens is 461 g/mol. The highest BCUT2D eigenvalue weighted by molar-refractivity contribution is 7.99. The minimum absolute atomic E-state index is 0.0674. The summed E-state index contributed by atoms with van der Waals surface area (Å²) in [5.41, 5.74) is 1.46. The van der Waals surface area contributed by atoms with E-state index < -0.39 is 11.7 Å². The van der Waals surface area contributed by atoms with Gasteiger partial charge in [0.25, 0.3) is 0 Å². The van der Waals surface area contributed by atoms with Crippen LogP contribution in [0.15, 0.2) is 55.0 Å². The summed E-state index contributed by atoms with van der Waals surface area (Å²) < 4.78 is 39.4. The quantitative estimate of drug-likeness (QED) is 0.369. The number of hydrogen-bond acceptors (Lipinski definition) is 4. The number of alkyl halides is 3. The highest BCUT2D eigenvalue weighted by Gasteiger charge is 2.29. The first-order chi connectivity index (χ1) is 15.3. The third-order valence-corrected chi connectivity index (χ3v) is 6.00. The first-order valence-electron chi connectivity index (χ1n) is 9.99. The lowest BCUT2D eigenvalue weighted by atomic mass is 10.1. The maximum absolute atomic E-state index is 12.7. The molecule has 1 aromatic carbocycles. The number of carbonyl (C=O) groups is 1. The van der Waals surface area contributed by atoms with Gasteiger partial charge in [0.2, 0.25) is 5.91 Å². The Bertz CT molecular complexity index is 1030. The molecule has 0 aliphatic rings. The van der Waals surface area contributed by atoms with E-state index in [0.29, 0.717) is 36.6 Å². The molecule has 0 N–H and O–H groups in total. The second-order valence-electron chi connectivity index (χ2n) is 6.91. The van der Waals surface area contributed by atoms with Crippen LogP contribution < -0.4 is 4.90 Å². The Morgan fingerprint density at radius 3 is 2.56 bits per heavy atom. The van der Waals surface area contributed by atoms with E-state index in [1.54, 1.807) is 46.0 Å². The van der Waals surface area contributed by atoms with Crippen molar-refractivity contribution in [3.8, 4) is 5.69 Å². The number of halogens is 4. The van der Waals surface area contributed by atoms with Gasteiger partial charge in [0.15, 0.2) is 5.15 Å². The van der Waals surface area contributed by atoms with Crippen LogP contribution in [0.1, 0.15) is 24.5 Å². The number of anilines is 1. The second kappa shape index (κ2) is 10.9. The molecule has 32 heavy (non-hydrogen) atoms. The lowest BCUT2D eigenvalue weighted by Gasteiger charge is -2.19. The molecule has 0 spiro atoms. The summed E-state index contributed by atoms with van der Waals surface area (Å²) in [6, 6.07) is 8.81. The third-order valence-electron chi connectivity index (χ3n) is 4.75. The van der Waals surface area contributed by atoms with Crippen LogP contribution in [0, 0.1) is 0 Å². The molecule has 0 fully saturated rings. The van der Waals surface area contributed by atoms with Crippen LogP contribution in [0.25, 0.3) is 5.69 Å². The molecule has 5 nitrogen and oxygen atoms in total. The number of aromatic nitrogens is 3. The van der Waals surface area contributed by atoms with Crippen molar-refractivity contribution in [3.05, 3.63) is 71.3 Å². The number of aryl methyl sites for hydroxylation is 1. The molecule has 0 saturated heterocycles. The molecule has 0 saturated carbocycles. The van der Waals surface area contributed by atoms with Gasteiger partial charge in [0.05, 0.1) is 23.6 Å². The zero-order valence-electron chi connectivity index (χ0n) is 17.3. The predicted octanol–water partition coefficient (Wildman–Crippen LogP) is 5.66. The molecule has 0 radical (unpaired) electrons. The highest BCUT2D eigenvalue weighted by Crippen LogP contribution is 2.29. The molecule has 2 aromatic heterocycles. The summed E-state index contributed by atoms with van der Waals surface area (Å²) in [6.45, 7) is 2.32. The van der Waals surface area contributed by atoms with Crippen molar-refractivity contribution in [2.45, 2.75) is 25.9 Å². The van der Waals surface area contributed by atoms with E-state index in [1.807, 2.05) is 13.0 Å². The smallest absolute Gasteiger partial charge is 0.308 e. The van der Waals surface area contributed by atoms with Gasteiger partial charge in [-0.3, -0.25) is 9.78 Å². The van der Waals surface area contributed by atoms with Crippen molar-refractivity contribution < 1.29 is 18.0 Å². The van der Waals surface area contributed by atoms with Crippen LogP contribution >= 0.6 is 23.4 Å². The maximum atomic E-state index is 12.7. The van der Waals surface area contributed by atoms with Crippen molar-refractivity contribution in [1.82, 2.24) is 14.8 Å². The molecule has 0 unspecified atom stereocenters. The third kappa shape index (κ3) is 6.26. The Kier molecular flexibility index (Phi) is 8.20. The van der Waals surface area contributed by atoms with Crippen LogP contribution in [0.5, 0.6) is 0 Å². The Morgan fingerprint density at radius 2 is 1.94 bits per heavy atom. The number of pyridine rings is 1. The van der Waals surface area contributed by atoms with Gasteiger partial charge in [-0.25, -0.2) is 4.68 Å². The van der Waals surface area contributed by atoms with Crippen LogP contribution in [-0.2, 0) is 17.4 Å². The van der Waals surface area contributed by atoms with Gasteiger partial charge in [-0.05, 0) is 48.9 Å². The summed E-state index contributed by atoms with van der Waals surface area (Å²) in [5.74, 6) is 1.25. The zero-order chi connectivity index (χ0) is 23.1. The van der Waals surface area contributed by atoms with Crippen molar-refractivity contribution >= 4 is 35.0 Å². The van der Waals surface area contributed by atoms with Gasteiger partial charge >= 0.3 is 6.18 Å². The van der Waals surface area contributed by atoms with Gasteiger partial charge in [0, 0.05) is 24.9 Å². The molecule has 0 bridgehead atoms. The Morgan fingerprint density at radius 1 is 1.19 bits per heavy atom. The summed E-state index contributed by atoms with van der Waals surface area (Å²) in [6.07, 6.45) is 1.65. The fourth-order valence-corrected chi connectivity index (χ4v) is 4.21. The number of nitrogens with zero attached hydrogens (tertiary/aromatic N) is 4. The number of thioether (sulfide) groups is 1. The predicted molar refractivity (Wildman–Crippen MR) is 121 cm³/mol. The summed E-state index contributed by atoms with van der Waals surface area (Å²) in [5, 5.41) is 4.50. The topological polar surface area (TPSA) is 51.0 Å². The maximum Gasteiger partial charge on any atom is 0.416 e. The molecule has 2 heterocycles. The van der Waals surface area contributed by atoms with Crippen molar-refractivity contribution in [1.29, 1.82) is 0 Å². The summed E-state index contributed by atoms with van der Waals surface area (Å²) >= 11 is 7.87. The van der Waals surface area contributed by atoms with E-state index in [2.05, 4.69) is 10.1 Å². The van der Waals surface area contributed by atoms with Crippen LogP contribution in [0.4, 0.5) is 18.9 Å². The fraction of sp³-hybridized carbons (Fsp3) is 0.318. The van der Waals surface area contributed by atoms with E-state index >= 15 is 0 Å². The lowest BCUT2D eigenvalue weighted by molar-refractivity contribution is -0.137. The number of hydrogen-bond donors (Lipinski definition) is 0. The molecule has 0 aliphatic carbocycles. The summed E-state index contributed by atoms with van der Waals surface area (Å²) in [7, 11) is 0. The first kappa shape index (κ1) is 24.1. The minimum atomic E-state index is -4.32. The summed E-state index contributed by atoms with van der Waals surface area (Å²) in [4.78, 5) is 18.4. The van der Waals surface area contributed by atoms with Crippen molar-refractivity contribution in [2.24, 2.45) is 0 Å². The Balaban J connectivity index is 1.49. The van der Waals surface area contributed by atoms with Gasteiger partial charge < -0.3 is 4.90 Å². The Hall–Kier alpha value is -2.52. The standard InChI is InChI=1S/C22H22ClF3N4OS/c1-2-29(19-15-30(28-21(19)23)18-4-3-11-27-14-18)20(31)10-13-32-12-9-16-5-7-17(8-6-16)22(24,25)26/h3-8,11,14-15H,2,9-10,12-13H2,1H3. The normalized spacial score (nSPS) is 11.5. The largest absolute Gasteiger partial charge is 0.416 e. The van der Waals surface area contributed by atoms with E-state index in [9.17, 15) is 18.0 Å². The molecule has 3 rings (SSSR count). The second-order valence-corrected chi connectivity index (χ2v) is 8.49. The molecule has 0 atom stereocenters. The molecule has 170 valence electrons. The van der Waals surface area contributed by atoms with Gasteiger partial charge in [-0.2, -0.15) is 30.0 Å². The minimum Gasteiger partial charge on any atom is -0.308 e. The average molecular weight is 483 g/mol. The van der Waals surface area contributed by atoms with Crippen LogP contribution in [-0.4, -0.2) is 38.7 Å². The molecule has 0 aliphatic heterocycles. The SMILES string of the molecule is CCN(C(=O)CCSCCc1ccc(C(F)(F)F)cc1)c1cn(-c2cccnc2)nc1Cl. The number of carbonyl (C=O) groups excluding carboxylic acids is 1. The number of benzene rings is 1. The molecular formula is C22H22ClF3N4OS. The fourth-order valence-electron chi connectivity index (χ4n) is 3.07. The molecule has 1 amide bonds. The molecule has 10 heteroatoms. The number of rotatable bonds is 9. The number of amides is 1. The van der Waals surface area contributed by atoms with Crippen molar-refractivity contribution in [2.75, 3.05) is 23.0 Å². The van der Waals surface area contributed by atoms with Crippen LogP contribution in [0.2, 0.25) is 5.15 Å². The molecule has 3 aromatic rings. The first-order valence-corrected chi connectivity index (χ1v) is 11.5. The lowest BCUT2D eigenvalue weighted by Crippen LogP contribution is -2.30. The van der Waals surface area contributed by atoms with Gasteiger partial charge in [-0.15, -0.1) is 0 Å². The van der Waals surface area contributed by atoms with E-state index in [4.69, 9.17) is 11.6 Å². The highest BCUT2D eigenvalue weighted by atomic mass is 35.5. The van der Waals surface area contributed by atoms with E-state index in [-0.39, 0.29) is 11.1 Å². The van der Waals surface area contributed by atoms with E-state index in [1.165, 1.54) is 12.1 Å². The van der Waals surface area contributed by atoms with Gasteiger partial charge in [0.1, 0.15) is 5.69 Å². The van der Waals surface area contributed by atoms with Crippen LogP contribution in [0.3, 0.4) is 0 Å². The monoisotopic (exact) mass is 482 g/mol.